The lowest BCUT2D eigenvalue weighted by atomic mass is 9.92. The van der Waals surface area contributed by atoms with E-state index in [1.165, 1.54) is 18.4 Å². The van der Waals surface area contributed by atoms with Crippen LogP contribution in [0.2, 0.25) is 0 Å². The lowest BCUT2D eigenvalue weighted by Crippen LogP contribution is -2.44. The number of ether oxygens (including phenoxy) is 1. The molecule has 32 heavy (non-hydrogen) atoms. The number of carbonyl (C=O) groups excluding carboxylic acids is 1. The van der Waals surface area contributed by atoms with Crippen molar-refractivity contribution in [2.45, 2.75) is 77.7 Å². The minimum Gasteiger partial charge on any atom is -0.491 e. The first kappa shape index (κ1) is 25.0. The molecule has 1 amide bonds. The molecule has 1 unspecified atom stereocenters. The second-order valence-corrected chi connectivity index (χ2v) is 10.1. The zero-order chi connectivity index (χ0) is 23.1. The fourth-order valence-corrected chi connectivity index (χ4v) is 5.10. The number of aliphatic hydroxyl groups is 1. The highest BCUT2D eigenvalue weighted by Crippen LogP contribution is 2.26. The van der Waals surface area contributed by atoms with Crippen LogP contribution in [-0.2, 0) is 17.9 Å². The first-order chi connectivity index (χ1) is 15.4. The van der Waals surface area contributed by atoms with E-state index in [4.69, 9.17) is 4.74 Å². The molecule has 2 saturated heterocycles. The van der Waals surface area contributed by atoms with Crippen molar-refractivity contribution < 1.29 is 14.6 Å². The number of nitrogens with zero attached hydrogens (tertiary/aromatic N) is 3. The molecule has 1 aromatic rings. The molecule has 0 aromatic heterocycles. The van der Waals surface area contributed by atoms with E-state index >= 15 is 0 Å². The standard InChI is InChI=1S/C26H43N3O3/c1-20(2)32-25-9-7-22(16-23(25)19-30)18-29-13-5-6-21(17-29)8-10-26(31)28(4)24-11-14-27(3)15-12-24/h7,9,16,20-21,24,30H,5-6,8,10-15,17-19H2,1-4H3. The molecule has 2 aliphatic rings. The molecule has 3 rings (SSSR count). The summed E-state index contributed by atoms with van der Waals surface area (Å²) in [6, 6.07) is 6.58. The Hall–Kier alpha value is -1.63. The highest BCUT2D eigenvalue weighted by Gasteiger charge is 2.26. The Balaban J connectivity index is 1.47. The summed E-state index contributed by atoms with van der Waals surface area (Å²) >= 11 is 0. The van der Waals surface area contributed by atoms with Crippen LogP contribution >= 0.6 is 0 Å². The van der Waals surface area contributed by atoms with Gasteiger partial charge in [-0.15, -0.1) is 0 Å². The van der Waals surface area contributed by atoms with Gasteiger partial charge in [-0.3, -0.25) is 9.69 Å². The van der Waals surface area contributed by atoms with Crippen LogP contribution in [0.3, 0.4) is 0 Å². The van der Waals surface area contributed by atoms with Gasteiger partial charge in [0.05, 0.1) is 12.7 Å². The summed E-state index contributed by atoms with van der Waals surface area (Å²) < 4.78 is 5.81. The van der Waals surface area contributed by atoms with Crippen LogP contribution in [0.1, 0.15) is 63.5 Å². The number of amides is 1. The first-order valence-electron chi connectivity index (χ1n) is 12.4. The molecule has 6 nitrogen and oxygen atoms in total. The maximum atomic E-state index is 12.8. The number of rotatable bonds is 9. The highest BCUT2D eigenvalue weighted by molar-refractivity contribution is 5.76. The quantitative estimate of drug-likeness (QED) is 0.630. The third-order valence-corrected chi connectivity index (χ3v) is 7.06. The zero-order valence-electron chi connectivity index (χ0n) is 20.6. The monoisotopic (exact) mass is 445 g/mol. The summed E-state index contributed by atoms with van der Waals surface area (Å²) in [6.07, 6.45) is 6.32. The van der Waals surface area contributed by atoms with Crippen LogP contribution in [0.5, 0.6) is 5.75 Å². The highest BCUT2D eigenvalue weighted by atomic mass is 16.5. The van der Waals surface area contributed by atoms with Gasteiger partial charge in [0.1, 0.15) is 5.75 Å². The van der Waals surface area contributed by atoms with E-state index in [-0.39, 0.29) is 12.7 Å². The number of hydrogen-bond donors (Lipinski definition) is 1. The van der Waals surface area contributed by atoms with E-state index in [2.05, 4.69) is 29.0 Å². The zero-order valence-corrected chi connectivity index (χ0v) is 20.6. The molecular weight excluding hydrogens is 402 g/mol. The van der Waals surface area contributed by atoms with Gasteiger partial charge >= 0.3 is 0 Å². The first-order valence-corrected chi connectivity index (χ1v) is 12.4. The van der Waals surface area contributed by atoms with Gasteiger partial charge in [-0.05, 0) is 96.2 Å². The summed E-state index contributed by atoms with van der Waals surface area (Å²) in [7, 11) is 4.15. The minimum absolute atomic E-state index is 0.00850. The molecule has 0 saturated carbocycles. The molecule has 0 bridgehead atoms. The fourth-order valence-electron chi connectivity index (χ4n) is 5.10. The lowest BCUT2D eigenvalue weighted by molar-refractivity contribution is -0.133. The van der Waals surface area contributed by atoms with E-state index in [0.717, 1.165) is 63.3 Å². The Morgan fingerprint density at radius 2 is 1.97 bits per heavy atom. The molecule has 0 aliphatic carbocycles. The number of hydrogen-bond acceptors (Lipinski definition) is 5. The number of piperidine rings is 2. The molecule has 6 heteroatoms. The normalized spacial score (nSPS) is 21.1. The average Bonchev–Trinajstić information content (AvgIpc) is 2.78. The topological polar surface area (TPSA) is 56.2 Å². The van der Waals surface area contributed by atoms with Gasteiger partial charge in [-0.1, -0.05) is 6.07 Å². The van der Waals surface area contributed by atoms with Crippen molar-refractivity contribution in [3.8, 4) is 5.75 Å². The predicted molar refractivity (Wildman–Crippen MR) is 129 cm³/mol. The molecular formula is C26H43N3O3. The van der Waals surface area contributed by atoms with Gasteiger partial charge in [-0.25, -0.2) is 0 Å². The smallest absolute Gasteiger partial charge is 0.222 e. The maximum Gasteiger partial charge on any atom is 0.222 e. The largest absolute Gasteiger partial charge is 0.491 e. The third kappa shape index (κ3) is 7.19. The minimum atomic E-state index is -0.00850. The summed E-state index contributed by atoms with van der Waals surface area (Å²) in [4.78, 5) is 19.6. The molecule has 2 heterocycles. The van der Waals surface area contributed by atoms with Crippen molar-refractivity contribution in [1.29, 1.82) is 0 Å². The van der Waals surface area contributed by atoms with Crippen LogP contribution in [0.25, 0.3) is 0 Å². The predicted octanol–water partition coefficient (Wildman–Crippen LogP) is 3.51. The van der Waals surface area contributed by atoms with Gasteiger partial charge in [-0.2, -0.15) is 0 Å². The Kier molecular flexibility index (Phi) is 9.38. The lowest BCUT2D eigenvalue weighted by Gasteiger charge is -2.36. The Labute approximate surface area is 194 Å². The summed E-state index contributed by atoms with van der Waals surface area (Å²) in [6.45, 7) is 9.19. The van der Waals surface area contributed by atoms with Gasteiger partial charge in [0.2, 0.25) is 5.91 Å². The average molecular weight is 446 g/mol. The van der Waals surface area contributed by atoms with Crippen LogP contribution < -0.4 is 4.74 Å². The van der Waals surface area contributed by atoms with Crippen LogP contribution in [-0.4, -0.2) is 78.1 Å². The van der Waals surface area contributed by atoms with E-state index in [9.17, 15) is 9.90 Å². The number of aliphatic hydroxyl groups excluding tert-OH is 1. The number of likely N-dealkylation sites (tertiary alicyclic amines) is 2. The van der Waals surface area contributed by atoms with E-state index in [1.54, 1.807) is 0 Å². The van der Waals surface area contributed by atoms with Crippen LogP contribution in [0, 0.1) is 5.92 Å². The Morgan fingerprint density at radius 3 is 2.66 bits per heavy atom. The van der Waals surface area contributed by atoms with Gasteiger partial charge in [0.15, 0.2) is 0 Å². The van der Waals surface area contributed by atoms with Crippen molar-refractivity contribution in [2.24, 2.45) is 5.92 Å². The molecule has 1 N–H and O–H groups in total. The SMILES string of the molecule is CC(C)Oc1ccc(CN2CCCC(CCC(=O)N(C)C3CCN(C)CC3)C2)cc1CO. The summed E-state index contributed by atoms with van der Waals surface area (Å²) in [5.41, 5.74) is 2.07. The van der Waals surface area contributed by atoms with Crippen molar-refractivity contribution in [3.05, 3.63) is 29.3 Å². The Morgan fingerprint density at radius 1 is 1.22 bits per heavy atom. The Bertz CT molecular complexity index is 731. The molecule has 2 aliphatic heterocycles. The van der Waals surface area contributed by atoms with Crippen molar-refractivity contribution in [2.75, 3.05) is 40.3 Å². The van der Waals surface area contributed by atoms with Crippen molar-refractivity contribution >= 4 is 5.91 Å². The summed E-state index contributed by atoms with van der Waals surface area (Å²) in [5, 5.41) is 9.75. The van der Waals surface area contributed by atoms with Gasteiger partial charge < -0.3 is 19.6 Å². The van der Waals surface area contributed by atoms with E-state index in [1.807, 2.05) is 31.9 Å². The third-order valence-electron chi connectivity index (χ3n) is 7.06. The molecule has 1 atom stereocenters. The van der Waals surface area contributed by atoms with Crippen LogP contribution in [0.4, 0.5) is 0 Å². The van der Waals surface area contributed by atoms with E-state index in [0.29, 0.717) is 24.3 Å². The molecule has 1 aromatic carbocycles. The van der Waals surface area contributed by atoms with E-state index < -0.39 is 0 Å². The fraction of sp³-hybridized carbons (Fsp3) is 0.731. The molecule has 2 fully saturated rings. The molecule has 0 radical (unpaired) electrons. The molecule has 0 spiro atoms. The van der Waals surface area contributed by atoms with Crippen molar-refractivity contribution in [1.82, 2.24) is 14.7 Å². The van der Waals surface area contributed by atoms with Crippen molar-refractivity contribution in [3.63, 3.8) is 0 Å². The maximum absolute atomic E-state index is 12.8. The second kappa shape index (κ2) is 12.0. The van der Waals surface area contributed by atoms with Crippen LogP contribution in [0.15, 0.2) is 18.2 Å². The molecule has 180 valence electrons. The van der Waals surface area contributed by atoms with Gasteiger partial charge in [0, 0.05) is 38.2 Å². The number of benzene rings is 1. The second-order valence-electron chi connectivity index (χ2n) is 10.1. The number of carbonyl (C=O) groups is 1. The summed E-state index contributed by atoms with van der Waals surface area (Å²) in [5.74, 6) is 1.67. The van der Waals surface area contributed by atoms with Gasteiger partial charge in [0.25, 0.3) is 0 Å².